The summed E-state index contributed by atoms with van der Waals surface area (Å²) in [5, 5.41) is 0. The molecular formula is C15H17NO2. The molecule has 0 bridgehead atoms. The minimum Gasteiger partial charge on any atom is -0.467 e. The van der Waals surface area contributed by atoms with Crippen molar-refractivity contribution in [1.29, 1.82) is 0 Å². The van der Waals surface area contributed by atoms with Crippen LogP contribution in [0.1, 0.15) is 25.3 Å². The summed E-state index contributed by atoms with van der Waals surface area (Å²) in [7, 11) is 1.40. The molecule has 0 N–H and O–H groups in total. The van der Waals surface area contributed by atoms with Crippen LogP contribution < -0.4 is 0 Å². The lowest BCUT2D eigenvalue weighted by Crippen LogP contribution is -2.29. The lowest BCUT2D eigenvalue weighted by Gasteiger charge is -2.08. The van der Waals surface area contributed by atoms with E-state index >= 15 is 0 Å². The van der Waals surface area contributed by atoms with Crippen molar-refractivity contribution in [3.05, 3.63) is 48.0 Å². The number of allylic oxidation sites excluding steroid dienone is 1. The molecule has 94 valence electrons. The van der Waals surface area contributed by atoms with Gasteiger partial charge in [-0.25, -0.2) is 4.79 Å². The first-order valence-electron chi connectivity index (χ1n) is 6.16. The average Bonchev–Trinajstić information content (AvgIpc) is 3.15. The van der Waals surface area contributed by atoms with E-state index in [4.69, 9.17) is 4.74 Å². The summed E-state index contributed by atoms with van der Waals surface area (Å²) in [5.74, 6) is -0.311. The molecule has 2 rings (SSSR count). The number of unbranched alkanes of at least 4 members (excludes halogenated alkanes) is 1. The highest BCUT2D eigenvalue weighted by molar-refractivity contribution is 6.30. The fraction of sp³-hybridized carbons (Fsp3) is 0.333. The van der Waals surface area contributed by atoms with Crippen molar-refractivity contribution in [1.82, 2.24) is 0 Å². The maximum absolute atomic E-state index is 11.9. The summed E-state index contributed by atoms with van der Waals surface area (Å²) >= 11 is 0. The Morgan fingerprint density at radius 2 is 2.11 bits per heavy atom. The third-order valence-electron chi connectivity index (χ3n) is 2.96. The highest BCUT2D eigenvalue weighted by Crippen LogP contribution is 2.35. The van der Waals surface area contributed by atoms with Crippen molar-refractivity contribution in [3.63, 3.8) is 0 Å². The van der Waals surface area contributed by atoms with Gasteiger partial charge in [0.1, 0.15) is 0 Å². The fourth-order valence-electron chi connectivity index (χ4n) is 1.93. The van der Waals surface area contributed by atoms with Crippen molar-refractivity contribution in [3.8, 4) is 0 Å². The third kappa shape index (κ3) is 2.21. The monoisotopic (exact) mass is 243 g/mol. The predicted molar refractivity (Wildman–Crippen MR) is 71.8 cm³/mol. The van der Waals surface area contributed by atoms with Gasteiger partial charge in [0.05, 0.1) is 12.8 Å². The van der Waals surface area contributed by atoms with E-state index in [2.05, 4.69) is 11.9 Å². The zero-order valence-electron chi connectivity index (χ0n) is 10.7. The number of carbonyl (C=O) groups excluding carboxylic acids is 1. The molecule has 3 heteroatoms. The van der Waals surface area contributed by atoms with Crippen molar-refractivity contribution in [2.45, 2.75) is 25.3 Å². The average molecular weight is 243 g/mol. The molecule has 0 amide bonds. The lowest BCUT2D eigenvalue weighted by molar-refractivity contribution is -0.141. The van der Waals surface area contributed by atoms with Crippen molar-refractivity contribution >= 4 is 11.7 Å². The van der Waals surface area contributed by atoms with E-state index in [1.165, 1.54) is 7.11 Å². The summed E-state index contributed by atoms with van der Waals surface area (Å²) in [6.45, 7) is 2.10. The molecule has 3 nitrogen and oxygen atoms in total. The molecule has 0 fully saturated rings. The minimum absolute atomic E-state index is 0.311. The molecule has 0 radical (unpaired) electrons. The normalized spacial score (nSPS) is 21.8. The smallest absolute Gasteiger partial charge is 0.344 e. The van der Waals surface area contributed by atoms with Crippen LogP contribution in [-0.4, -0.2) is 24.3 Å². The molecular weight excluding hydrogens is 226 g/mol. The Balaban J connectivity index is 2.20. The van der Waals surface area contributed by atoms with Crippen molar-refractivity contribution < 1.29 is 9.53 Å². The molecule has 1 aliphatic heterocycles. The Morgan fingerprint density at radius 3 is 2.72 bits per heavy atom. The number of carbonyl (C=O) groups is 1. The van der Waals surface area contributed by atoms with Gasteiger partial charge in [0.15, 0.2) is 0 Å². The van der Waals surface area contributed by atoms with Gasteiger partial charge in [-0.1, -0.05) is 49.8 Å². The first-order valence-corrected chi connectivity index (χ1v) is 6.16. The highest BCUT2D eigenvalue weighted by atomic mass is 16.5. The molecule has 1 unspecified atom stereocenters. The number of hydrogen-bond donors (Lipinski definition) is 0. The number of ether oxygens (including phenoxy) is 1. The van der Waals surface area contributed by atoms with Gasteiger partial charge in [0, 0.05) is 0 Å². The fourth-order valence-corrected chi connectivity index (χ4v) is 1.93. The van der Waals surface area contributed by atoms with Gasteiger partial charge in [0.25, 0.3) is 0 Å². The van der Waals surface area contributed by atoms with Crippen LogP contribution in [0.25, 0.3) is 0 Å². The van der Waals surface area contributed by atoms with Crippen LogP contribution in [0.5, 0.6) is 0 Å². The Labute approximate surface area is 107 Å². The SMILES string of the molecule is CCCC=CC1(C(=O)OC)N=C1c1ccccc1. The number of nitrogens with zero attached hydrogens (tertiary/aromatic N) is 1. The van der Waals surface area contributed by atoms with E-state index in [9.17, 15) is 4.79 Å². The summed E-state index contributed by atoms with van der Waals surface area (Å²) in [5.41, 5.74) is 0.900. The van der Waals surface area contributed by atoms with E-state index in [-0.39, 0.29) is 5.97 Å². The summed E-state index contributed by atoms with van der Waals surface area (Å²) in [4.78, 5) is 16.2. The second kappa shape index (κ2) is 5.17. The topological polar surface area (TPSA) is 38.7 Å². The first-order chi connectivity index (χ1) is 8.74. The second-order valence-corrected chi connectivity index (χ2v) is 4.28. The Bertz CT molecular complexity index is 490. The number of esters is 1. The van der Waals surface area contributed by atoms with E-state index < -0.39 is 5.54 Å². The molecule has 0 saturated carbocycles. The second-order valence-electron chi connectivity index (χ2n) is 4.28. The van der Waals surface area contributed by atoms with Gasteiger partial charge < -0.3 is 4.74 Å². The summed E-state index contributed by atoms with van der Waals surface area (Å²) < 4.78 is 4.86. The van der Waals surface area contributed by atoms with E-state index in [0.29, 0.717) is 0 Å². The minimum atomic E-state index is -0.870. The Hall–Kier alpha value is -1.90. The van der Waals surface area contributed by atoms with Crippen LogP contribution in [0.2, 0.25) is 0 Å². The van der Waals surface area contributed by atoms with Gasteiger partial charge in [-0.15, -0.1) is 0 Å². The van der Waals surface area contributed by atoms with Gasteiger partial charge in [-0.3, -0.25) is 4.99 Å². The Morgan fingerprint density at radius 1 is 1.39 bits per heavy atom. The maximum Gasteiger partial charge on any atom is 0.344 e. The zero-order chi connectivity index (χ0) is 13.0. The zero-order valence-corrected chi connectivity index (χ0v) is 10.7. The molecule has 1 aromatic rings. The van der Waals surface area contributed by atoms with E-state index in [1.807, 2.05) is 42.5 Å². The molecule has 1 aliphatic rings. The number of methoxy groups -OCH3 is 1. The van der Waals surface area contributed by atoms with Gasteiger partial charge in [-0.2, -0.15) is 0 Å². The predicted octanol–water partition coefficient (Wildman–Crippen LogP) is 2.76. The standard InChI is InChI=1S/C15H17NO2/c1-3-4-8-11-15(14(17)18-2)13(16-15)12-9-6-5-7-10-12/h5-11H,3-4H2,1-2H3. The van der Waals surface area contributed by atoms with Crippen LogP contribution in [0, 0.1) is 0 Å². The summed E-state index contributed by atoms with van der Waals surface area (Å²) in [6.07, 6.45) is 5.84. The number of aliphatic imine (C=N–C) groups is 1. The summed E-state index contributed by atoms with van der Waals surface area (Å²) in [6, 6.07) is 9.73. The molecule has 0 aliphatic carbocycles. The lowest BCUT2D eigenvalue weighted by atomic mass is 9.97. The highest BCUT2D eigenvalue weighted by Gasteiger charge is 2.53. The van der Waals surface area contributed by atoms with Crippen LogP contribution in [-0.2, 0) is 9.53 Å². The van der Waals surface area contributed by atoms with Crippen molar-refractivity contribution in [2.75, 3.05) is 7.11 Å². The quantitative estimate of drug-likeness (QED) is 0.589. The maximum atomic E-state index is 11.9. The molecule has 0 aromatic heterocycles. The number of benzene rings is 1. The molecule has 18 heavy (non-hydrogen) atoms. The first kappa shape index (κ1) is 12.6. The Kier molecular flexibility index (Phi) is 3.60. The van der Waals surface area contributed by atoms with Gasteiger partial charge in [-0.05, 0) is 18.1 Å². The molecule has 1 heterocycles. The molecule has 1 atom stereocenters. The van der Waals surface area contributed by atoms with Crippen LogP contribution in [0.4, 0.5) is 0 Å². The van der Waals surface area contributed by atoms with Crippen LogP contribution in [0.3, 0.4) is 0 Å². The van der Waals surface area contributed by atoms with Crippen LogP contribution >= 0.6 is 0 Å². The molecule has 1 aromatic carbocycles. The molecule has 0 spiro atoms. The third-order valence-corrected chi connectivity index (χ3v) is 2.96. The van der Waals surface area contributed by atoms with Gasteiger partial charge in [0.2, 0.25) is 5.54 Å². The van der Waals surface area contributed by atoms with Crippen molar-refractivity contribution in [2.24, 2.45) is 4.99 Å². The number of hydrogen-bond acceptors (Lipinski definition) is 3. The molecule has 0 saturated heterocycles. The number of rotatable bonds is 5. The van der Waals surface area contributed by atoms with E-state index in [0.717, 1.165) is 24.1 Å². The van der Waals surface area contributed by atoms with Crippen LogP contribution in [0.15, 0.2) is 47.5 Å². The van der Waals surface area contributed by atoms with E-state index in [1.54, 1.807) is 0 Å². The largest absolute Gasteiger partial charge is 0.467 e. The van der Waals surface area contributed by atoms with Gasteiger partial charge >= 0.3 is 5.97 Å².